The predicted molar refractivity (Wildman–Crippen MR) is 143 cm³/mol. The van der Waals surface area contributed by atoms with Gasteiger partial charge in [-0.1, -0.05) is 44.2 Å². The smallest absolute Gasteiger partial charge is 0.226 e. The standard InChI is InChI=1S/C28H39ClFN3O4/c1-18(2)24(16-23(34)14-20-8-10-22(29)11-9-20)28(37)33-13-5-7-25(33)26(35)15-21(27(36)17-30)6-4-12-32-19(3)31/h8-11,18,21,24-25,32H,3-7,12-17,31H2,1-2H3/t21-,24+,25+/m1/s1. The Morgan fingerprint density at radius 1 is 1.19 bits per heavy atom. The summed E-state index contributed by atoms with van der Waals surface area (Å²) in [6.07, 6.45) is 2.20. The average Bonchev–Trinajstić information content (AvgIpc) is 3.34. The van der Waals surface area contributed by atoms with Crippen molar-refractivity contribution in [2.24, 2.45) is 23.5 Å². The molecule has 1 aliphatic rings. The van der Waals surface area contributed by atoms with E-state index in [4.69, 9.17) is 17.3 Å². The fourth-order valence-electron chi connectivity index (χ4n) is 4.80. The van der Waals surface area contributed by atoms with Crippen LogP contribution in [0.5, 0.6) is 0 Å². The molecule has 1 amide bonds. The molecular formula is C28H39ClFN3O4. The number of rotatable bonds is 16. The maximum absolute atomic E-state index is 13.5. The SMILES string of the molecule is C=C(N)NCCC[C@H](CC(=O)[C@@H]1CCCN1C(=O)[C@@H](CC(=O)Cc1ccc(Cl)cc1)C(C)C)C(=O)CF. The van der Waals surface area contributed by atoms with Gasteiger partial charge in [-0.15, -0.1) is 0 Å². The summed E-state index contributed by atoms with van der Waals surface area (Å²) in [6.45, 7) is 7.09. The van der Waals surface area contributed by atoms with Crippen molar-refractivity contribution in [3.63, 3.8) is 0 Å². The van der Waals surface area contributed by atoms with Crippen molar-refractivity contribution in [1.82, 2.24) is 10.2 Å². The van der Waals surface area contributed by atoms with Crippen molar-refractivity contribution < 1.29 is 23.6 Å². The van der Waals surface area contributed by atoms with E-state index in [0.717, 1.165) is 5.56 Å². The number of likely N-dealkylation sites (tertiary alicyclic amines) is 1. The lowest BCUT2D eigenvalue weighted by atomic mass is 9.87. The molecular weight excluding hydrogens is 497 g/mol. The number of benzene rings is 1. The molecule has 1 aliphatic heterocycles. The molecule has 0 unspecified atom stereocenters. The van der Waals surface area contributed by atoms with Crippen LogP contribution in [-0.4, -0.2) is 54.0 Å². The second kappa shape index (κ2) is 14.9. The van der Waals surface area contributed by atoms with Gasteiger partial charge >= 0.3 is 0 Å². The lowest BCUT2D eigenvalue weighted by molar-refractivity contribution is -0.144. The summed E-state index contributed by atoms with van der Waals surface area (Å²) in [7, 11) is 0. The van der Waals surface area contributed by atoms with Crippen molar-refractivity contribution in [1.29, 1.82) is 0 Å². The monoisotopic (exact) mass is 535 g/mol. The topological polar surface area (TPSA) is 110 Å². The number of hydrogen-bond donors (Lipinski definition) is 2. The van der Waals surface area contributed by atoms with Gasteiger partial charge in [-0.2, -0.15) is 0 Å². The fraction of sp³-hybridized carbons (Fsp3) is 0.571. The molecule has 1 heterocycles. The zero-order valence-electron chi connectivity index (χ0n) is 21.8. The molecule has 3 atom stereocenters. The Morgan fingerprint density at radius 3 is 2.46 bits per heavy atom. The van der Waals surface area contributed by atoms with Crippen LogP contribution in [0.4, 0.5) is 4.39 Å². The summed E-state index contributed by atoms with van der Waals surface area (Å²) < 4.78 is 13.2. The number of halogens is 2. The van der Waals surface area contributed by atoms with Crippen molar-refractivity contribution in [3.05, 3.63) is 47.3 Å². The molecule has 9 heteroatoms. The van der Waals surface area contributed by atoms with Crippen molar-refractivity contribution in [2.75, 3.05) is 19.8 Å². The number of carbonyl (C=O) groups is 4. The molecule has 37 heavy (non-hydrogen) atoms. The van der Waals surface area contributed by atoms with Crippen LogP contribution in [0.15, 0.2) is 36.7 Å². The number of alkyl halides is 1. The van der Waals surface area contributed by atoms with E-state index < -0.39 is 30.3 Å². The molecule has 0 radical (unpaired) electrons. The Bertz CT molecular complexity index is 967. The van der Waals surface area contributed by atoms with Crippen LogP contribution in [0.3, 0.4) is 0 Å². The molecule has 1 fully saturated rings. The van der Waals surface area contributed by atoms with Gasteiger partial charge < -0.3 is 16.0 Å². The number of Topliss-reactive ketones (excluding diaryl/α,β-unsaturated/α-hetero) is 3. The first kappa shape index (κ1) is 30.5. The van der Waals surface area contributed by atoms with E-state index in [2.05, 4.69) is 11.9 Å². The van der Waals surface area contributed by atoms with Gasteiger partial charge in [0, 0.05) is 49.2 Å². The number of nitrogens with two attached hydrogens (primary N) is 1. The highest BCUT2D eigenvalue weighted by Gasteiger charge is 2.39. The summed E-state index contributed by atoms with van der Waals surface area (Å²) >= 11 is 5.92. The molecule has 1 aromatic rings. The zero-order chi connectivity index (χ0) is 27.5. The summed E-state index contributed by atoms with van der Waals surface area (Å²) in [4.78, 5) is 53.3. The quantitative estimate of drug-likeness (QED) is 0.309. The molecule has 3 N–H and O–H groups in total. The summed E-state index contributed by atoms with van der Waals surface area (Å²) in [6, 6.07) is 6.37. The van der Waals surface area contributed by atoms with Crippen LogP contribution in [0, 0.1) is 17.8 Å². The highest BCUT2D eigenvalue weighted by molar-refractivity contribution is 6.30. The molecule has 204 valence electrons. The fourth-order valence-corrected chi connectivity index (χ4v) is 4.92. The second-order valence-corrected chi connectivity index (χ2v) is 10.6. The van der Waals surface area contributed by atoms with Gasteiger partial charge in [0.2, 0.25) is 5.91 Å². The third-order valence-corrected chi connectivity index (χ3v) is 7.16. The van der Waals surface area contributed by atoms with E-state index in [1.807, 2.05) is 13.8 Å². The lowest BCUT2D eigenvalue weighted by Crippen LogP contribution is -2.46. The summed E-state index contributed by atoms with van der Waals surface area (Å²) in [5.41, 5.74) is 6.30. The first-order valence-corrected chi connectivity index (χ1v) is 13.3. The predicted octanol–water partition coefficient (Wildman–Crippen LogP) is 4.02. The molecule has 1 aromatic carbocycles. The third kappa shape index (κ3) is 9.58. The lowest BCUT2D eigenvalue weighted by Gasteiger charge is -2.30. The number of amides is 1. The van der Waals surface area contributed by atoms with Gasteiger partial charge in [-0.3, -0.25) is 19.2 Å². The highest BCUT2D eigenvalue weighted by Crippen LogP contribution is 2.28. The van der Waals surface area contributed by atoms with Crippen molar-refractivity contribution >= 4 is 34.9 Å². The van der Waals surface area contributed by atoms with Crippen molar-refractivity contribution in [3.8, 4) is 0 Å². The number of ketones is 3. The maximum Gasteiger partial charge on any atom is 0.226 e. The minimum atomic E-state index is -1.13. The second-order valence-electron chi connectivity index (χ2n) is 10.1. The van der Waals surface area contributed by atoms with Crippen LogP contribution < -0.4 is 11.1 Å². The number of hydrogen-bond acceptors (Lipinski definition) is 6. The van der Waals surface area contributed by atoms with E-state index in [1.54, 1.807) is 29.2 Å². The zero-order valence-corrected chi connectivity index (χ0v) is 22.6. The van der Waals surface area contributed by atoms with Crippen LogP contribution in [0.1, 0.15) is 57.9 Å². The number of nitrogens with one attached hydrogen (secondary N) is 1. The third-order valence-electron chi connectivity index (χ3n) is 6.91. The van der Waals surface area contributed by atoms with Crippen LogP contribution in [0.2, 0.25) is 5.02 Å². The molecule has 7 nitrogen and oxygen atoms in total. The summed E-state index contributed by atoms with van der Waals surface area (Å²) in [5, 5.41) is 3.44. The molecule has 0 bridgehead atoms. The van der Waals surface area contributed by atoms with E-state index in [9.17, 15) is 23.6 Å². The van der Waals surface area contributed by atoms with Crippen LogP contribution >= 0.6 is 11.6 Å². The molecule has 0 saturated carbocycles. The normalized spacial score (nSPS) is 16.9. The largest absolute Gasteiger partial charge is 0.386 e. The number of carbonyl (C=O) groups excluding carboxylic acids is 4. The van der Waals surface area contributed by atoms with Crippen molar-refractivity contribution in [2.45, 2.75) is 64.8 Å². The Kier molecular flexibility index (Phi) is 12.2. The van der Waals surface area contributed by atoms with Gasteiger partial charge in [0.05, 0.1) is 11.9 Å². The van der Waals surface area contributed by atoms with Gasteiger partial charge in [0.1, 0.15) is 12.5 Å². The average molecular weight is 536 g/mol. The van der Waals surface area contributed by atoms with Crippen LogP contribution in [0.25, 0.3) is 0 Å². The number of nitrogens with zero attached hydrogens (tertiary/aromatic N) is 1. The van der Waals surface area contributed by atoms with Gasteiger partial charge in [-0.25, -0.2) is 4.39 Å². The Labute approximate surface area is 224 Å². The molecule has 0 aliphatic carbocycles. The first-order chi connectivity index (χ1) is 17.5. The van der Waals surface area contributed by atoms with Crippen LogP contribution in [-0.2, 0) is 25.6 Å². The Hall–Kier alpha value is -2.74. The van der Waals surface area contributed by atoms with E-state index >= 15 is 0 Å². The molecule has 0 spiro atoms. The highest BCUT2D eigenvalue weighted by atomic mass is 35.5. The van der Waals surface area contributed by atoms with Gasteiger partial charge in [0.25, 0.3) is 0 Å². The Balaban J connectivity index is 2.04. The molecule has 0 aromatic heterocycles. The van der Waals surface area contributed by atoms with E-state index in [-0.39, 0.29) is 42.7 Å². The summed E-state index contributed by atoms with van der Waals surface area (Å²) in [5.74, 6) is -2.20. The minimum absolute atomic E-state index is 0.0566. The van der Waals surface area contributed by atoms with E-state index in [1.165, 1.54) is 0 Å². The van der Waals surface area contributed by atoms with Gasteiger partial charge in [0.15, 0.2) is 11.6 Å². The maximum atomic E-state index is 13.5. The molecule has 2 rings (SSSR count). The Morgan fingerprint density at radius 2 is 1.86 bits per heavy atom. The minimum Gasteiger partial charge on any atom is -0.386 e. The molecule has 1 saturated heterocycles. The van der Waals surface area contributed by atoms with E-state index in [0.29, 0.717) is 49.6 Å². The first-order valence-electron chi connectivity index (χ1n) is 12.9. The van der Waals surface area contributed by atoms with Gasteiger partial charge in [-0.05, 0) is 49.3 Å².